The van der Waals surface area contributed by atoms with Crippen LogP contribution in [0.2, 0.25) is 0 Å². The highest BCUT2D eigenvalue weighted by molar-refractivity contribution is 5.59. The van der Waals surface area contributed by atoms with Crippen molar-refractivity contribution in [3.63, 3.8) is 0 Å². The Hall–Kier alpha value is -1.71. The van der Waals surface area contributed by atoms with Gasteiger partial charge in [0.05, 0.1) is 13.7 Å². The van der Waals surface area contributed by atoms with Crippen LogP contribution in [0.25, 0.3) is 0 Å². The highest BCUT2D eigenvalue weighted by Crippen LogP contribution is 2.18. The highest BCUT2D eigenvalue weighted by Gasteiger charge is 2.06. The summed E-state index contributed by atoms with van der Waals surface area (Å²) in [6.45, 7) is 2.19. The van der Waals surface area contributed by atoms with Crippen LogP contribution in [0.5, 0.6) is 5.75 Å². The van der Waals surface area contributed by atoms with Gasteiger partial charge >= 0.3 is 6.16 Å². The predicted octanol–water partition coefficient (Wildman–Crippen LogP) is 2.37. The van der Waals surface area contributed by atoms with E-state index in [1.165, 1.54) is 0 Å². The standard InChI is InChI=1S/C11H14O4/c1-3-14-11(12)15-8-9-6-4-5-7-10(9)13-2/h4-7H,3,8H2,1-2H3. The maximum Gasteiger partial charge on any atom is 0.508 e. The van der Waals surface area contributed by atoms with Crippen LogP contribution in [0.15, 0.2) is 24.3 Å². The second-order valence-electron chi connectivity index (χ2n) is 2.78. The summed E-state index contributed by atoms with van der Waals surface area (Å²) < 4.78 is 14.6. The van der Waals surface area contributed by atoms with Gasteiger partial charge in [0.2, 0.25) is 0 Å². The molecule has 0 saturated heterocycles. The van der Waals surface area contributed by atoms with Gasteiger partial charge in [0.25, 0.3) is 0 Å². The lowest BCUT2D eigenvalue weighted by atomic mass is 10.2. The van der Waals surface area contributed by atoms with E-state index in [-0.39, 0.29) is 6.61 Å². The van der Waals surface area contributed by atoms with Gasteiger partial charge in [-0.2, -0.15) is 0 Å². The molecule has 4 nitrogen and oxygen atoms in total. The molecule has 4 heteroatoms. The molecule has 0 saturated carbocycles. The molecule has 0 heterocycles. The Balaban J connectivity index is 2.53. The summed E-state index contributed by atoms with van der Waals surface area (Å²) in [6, 6.07) is 7.35. The minimum atomic E-state index is -0.664. The predicted molar refractivity (Wildman–Crippen MR) is 54.8 cm³/mol. The van der Waals surface area contributed by atoms with Gasteiger partial charge in [-0.15, -0.1) is 0 Å². The van der Waals surface area contributed by atoms with E-state index in [1.54, 1.807) is 14.0 Å². The average molecular weight is 210 g/mol. The number of benzene rings is 1. The number of ether oxygens (including phenoxy) is 3. The smallest absolute Gasteiger partial charge is 0.496 e. The summed E-state index contributed by atoms with van der Waals surface area (Å²) >= 11 is 0. The van der Waals surface area contributed by atoms with Crippen LogP contribution in [0.1, 0.15) is 12.5 Å². The fraction of sp³-hybridized carbons (Fsp3) is 0.364. The third-order valence-corrected chi connectivity index (χ3v) is 1.80. The first-order chi connectivity index (χ1) is 7.27. The summed E-state index contributed by atoms with van der Waals surface area (Å²) in [5.41, 5.74) is 0.813. The number of carbonyl (C=O) groups is 1. The molecule has 0 aromatic heterocycles. The van der Waals surface area contributed by atoms with Gasteiger partial charge in [-0.1, -0.05) is 18.2 Å². The van der Waals surface area contributed by atoms with Gasteiger partial charge < -0.3 is 14.2 Å². The van der Waals surface area contributed by atoms with E-state index in [2.05, 4.69) is 4.74 Å². The largest absolute Gasteiger partial charge is 0.508 e. The van der Waals surface area contributed by atoms with E-state index >= 15 is 0 Å². The van der Waals surface area contributed by atoms with Gasteiger partial charge in [-0.25, -0.2) is 4.79 Å². The molecule has 0 unspecified atom stereocenters. The lowest BCUT2D eigenvalue weighted by molar-refractivity contribution is 0.0531. The summed E-state index contributed by atoms with van der Waals surface area (Å²) in [6.07, 6.45) is -0.664. The monoisotopic (exact) mass is 210 g/mol. The average Bonchev–Trinajstić information content (AvgIpc) is 2.27. The van der Waals surface area contributed by atoms with Crippen LogP contribution in [0.4, 0.5) is 4.79 Å². The second-order valence-corrected chi connectivity index (χ2v) is 2.78. The normalized spacial score (nSPS) is 9.47. The maximum absolute atomic E-state index is 10.9. The minimum absolute atomic E-state index is 0.156. The Morgan fingerprint density at radius 2 is 2.00 bits per heavy atom. The molecule has 82 valence electrons. The molecule has 0 N–H and O–H groups in total. The summed E-state index contributed by atoms with van der Waals surface area (Å²) in [5.74, 6) is 0.696. The second kappa shape index (κ2) is 5.90. The van der Waals surface area contributed by atoms with E-state index in [1.807, 2.05) is 24.3 Å². The quantitative estimate of drug-likeness (QED) is 0.715. The molecule has 0 aliphatic carbocycles. The Bertz CT molecular complexity index is 322. The van der Waals surface area contributed by atoms with Crippen molar-refractivity contribution >= 4 is 6.16 Å². The molecule has 0 aliphatic rings. The molecular formula is C11H14O4. The highest BCUT2D eigenvalue weighted by atomic mass is 16.7. The number of carbonyl (C=O) groups excluding carboxylic acids is 1. The number of hydrogen-bond acceptors (Lipinski definition) is 4. The molecule has 0 fully saturated rings. The van der Waals surface area contributed by atoms with Crippen LogP contribution in [0, 0.1) is 0 Å². The zero-order valence-electron chi connectivity index (χ0n) is 8.86. The molecule has 1 aromatic rings. The molecule has 1 rings (SSSR count). The number of hydrogen-bond donors (Lipinski definition) is 0. The van der Waals surface area contributed by atoms with Crippen molar-refractivity contribution < 1.29 is 19.0 Å². The first-order valence-electron chi connectivity index (χ1n) is 4.69. The Morgan fingerprint density at radius 3 is 2.67 bits per heavy atom. The fourth-order valence-electron chi connectivity index (χ4n) is 1.12. The zero-order chi connectivity index (χ0) is 11.1. The van der Waals surface area contributed by atoms with Crippen molar-refractivity contribution in [3.05, 3.63) is 29.8 Å². The van der Waals surface area contributed by atoms with Gasteiger partial charge in [0.15, 0.2) is 0 Å². The van der Waals surface area contributed by atoms with Gasteiger partial charge in [0, 0.05) is 5.56 Å². The van der Waals surface area contributed by atoms with Gasteiger partial charge in [-0.3, -0.25) is 0 Å². The van der Waals surface area contributed by atoms with E-state index in [4.69, 9.17) is 9.47 Å². The molecule has 0 spiro atoms. The molecule has 0 radical (unpaired) electrons. The SMILES string of the molecule is CCOC(=O)OCc1ccccc1OC. The zero-order valence-corrected chi connectivity index (χ0v) is 8.86. The van der Waals surface area contributed by atoms with Crippen molar-refractivity contribution in [2.45, 2.75) is 13.5 Å². The van der Waals surface area contributed by atoms with Gasteiger partial charge in [0.1, 0.15) is 12.4 Å². The Labute approximate surface area is 88.8 Å². The third-order valence-electron chi connectivity index (χ3n) is 1.80. The minimum Gasteiger partial charge on any atom is -0.496 e. The van der Waals surface area contributed by atoms with E-state index < -0.39 is 6.16 Å². The van der Waals surface area contributed by atoms with Crippen molar-refractivity contribution in [2.75, 3.05) is 13.7 Å². The lowest BCUT2D eigenvalue weighted by Crippen LogP contribution is -2.07. The maximum atomic E-state index is 10.9. The molecule has 0 atom stereocenters. The fourth-order valence-corrected chi connectivity index (χ4v) is 1.12. The molecule has 1 aromatic carbocycles. The van der Waals surface area contributed by atoms with Crippen molar-refractivity contribution in [1.29, 1.82) is 0 Å². The molecule has 15 heavy (non-hydrogen) atoms. The topological polar surface area (TPSA) is 44.8 Å². The van der Waals surface area contributed by atoms with Crippen LogP contribution in [-0.4, -0.2) is 19.9 Å². The molecule has 0 amide bonds. The molecular weight excluding hydrogens is 196 g/mol. The summed E-state index contributed by atoms with van der Waals surface area (Å²) in [7, 11) is 1.57. The molecule has 0 bridgehead atoms. The summed E-state index contributed by atoms with van der Waals surface area (Å²) in [5, 5.41) is 0. The van der Waals surface area contributed by atoms with Crippen molar-refractivity contribution in [2.24, 2.45) is 0 Å². The van der Waals surface area contributed by atoms with Gasteiger partial charge in [-0.05, 0) is 13.0 Å². The van der Waals surface area contributed by atoms with Crippen LogP contribution in [-0.2, 0) is 16.1 Å². The number of methoxy groups -OCH3 is 1. The van der Waals surface area contributed by atoms with E-state index in [0.29, 0.717) is 12.4 Å². The number of para-hydroxylation sites is 1. The van der Waals surface area contributed by atoms with Crippen LogP contribution in [0.3, 0.4) is 0 Å². The lowest BCUT2D eigenvalue weighted by Gasteiger charge is -2.08. The first kappa shape index (κ1) is 11.4. The Kier molecular flexibility index (Phi) is 4.47. The van der Waals surface area contributed by atoms with Crippen LogP contribution < -0.4 is 4.74 Å². The summed E-state index contributed by atoms with van der Waals surface area (Å²) in [4.78, 5) is 10.9. The van der Waals surface area contributed by atoms with Crippen molar-refractivity contribution in [3.8, 4) is 5.75 Å². The van der Waals surface area contributed by atoms with Crippen molar-refractivity contribution in [1.82, 2.24) is 0 Å². The van der Waals surface area contributed by atoms with E-state index in [0.717, 1.165) is 5.56 Å². The molecule has 0 aliphatic heterocycles. The Morgan fingerprint density at radius 1 is 1.27 bits per heavy atom. The first-order valence-corrected chi connectivity index (χ1v) is 4.69. The van der Waals surface area contributed by atoms with Crippen LogP contribution >= 0.6 is 0 Å². The van der Waals surface area contributed by atoms with E-state index in [9.17, 15) is 4.79 Å². The third kappa shape index (κ3) is 3.50. The number of rotatable bonds is 4.